The Balaban J connectivity index is 1.68. The number of Topliss-reactive ketones (excluding diaryl/α,β-unsaturated/α-hetero) is 1. The van der Waals surface area contributed by atoms with Crippen molar-refractivity contribution in [3.63, 3.8) is 0 Å². The van der Waals surface area contributed by atoms with Gasteiger partial charge in [0.15, 0.2) is 0 Å². The van der Waals surface area contributed by atoms with E-state index < -0.39 is 27.8 Å². The molecule has 0 unspecified atom stereocenters. The van der Waals surface area contributed by atoms with Gasteiger partial charge in [-0.25, -0.2) is 12.7 Å². The molecule has 2 saturated heterocycles. The number of amides is 1. The zero-order valence-corrected chi connectivity index (χ0v) is 22.9. The van der Waals surface area contributed by atoms with Gasteiger partial charge in [0, 0.05) is 45.8 Å². The predicted molar refractivity (Wildman–Crippen MR) is 144 cm³/mol. The van der Waals surface area contributed by atoms with E-state index in [2.05, 4.69) is 4.90 Å². The number of morpholine rings is 1. The highest BCUT2D eigenvalue weighted by Gasteiger charge is 2.45. The second-order valence-electron chi connectivity index (χ2n) is 9.71. The first-order chi connectivity index (χ1) is 18.1. The van der Waals surface area contributed by atoms with Crippen LogP contribution in [0, 0.1) is 0 Å². The molecule has 4 rings (SSSR count). The van der Waals surface area contributed by atoms with Gasteiger partial charge in [0.05, 0.1) is 29.7 Å². The van der Waals surface area contributed by atoms with Gasteiger partial charge in [-0.1, -0.05) is 31.2 Å². The van der Waals surface area contributed by atoms with Gasteiger partial charge in [0.25, 0.3) is 11.7 Å². The molecule has 2 aliphatic heterocycles. The van der Waals surface area contributed by atoms with Crippen LogP contribution in [-0.2, 0) is 30.8 Å². The van der Waals surface area contributed by atoms with Crippen LogP contribution in [-0.4, -0.2) is 92.8 Å². The maximum absolute atomic E-state index is 13.3. The zero-order chi connectivity index (χ0) is 27.4. The van der Waals surface area contributed by atoms with Crippen LogP contribution < -0.4 is 0 Å². The standard InChI is InChI=1S/C28H35N3O6S/c1-4-20-6-8-21(9-7-20)25-24(26(32)22-10-12-23(13-11-22)38(35,36)29(2)3)27(33)28(34)31(25)15-5-14-30-16-18-37-19-17-30/h6-13,25,32H,4-5,14-19H2,1-3H3/t25-/m1/s1. The number of aliphatic hydroxyl groups is 1. The summed E-state index contributed by atoms with van der Waals surface area (Å²) in [6.07, 6.45) is 1.52. The third kappa shape index (κ3) is 5.68. The van der Waals surface area contributed by atoms with Gasteiger partial charge in [-0.15, -0.1) is 0 Å². The molecule has 1 atom stereocenters. The molecule has 2 aliphatic rings. The van der Waals surface area contributed by atoms with E-state index >= 15 is 0 Å². The van der Waals surface area contributed by atoms with Gasteiger partial charge in [0.2, 0.25) is 10.0 Å². The number of carbonyl (C=O) groups is 2. The molecule has 0 aromatic heterocycles. The Morgan fingerprint density at radius 2 is 1.63 bits per heavy atom. The summed E-state index contributed by atoms with van der Waals surface area (Å²) in [6.45, 7) is 6.22. The van der Waals surface area contributed by atoms with Crippen molar-refractivity contribution in [3.05, 3.63) is 70.8 Å². The monoisotopic (exact) mass is 541 g/mol. The lowest BCUT2D eigenvalue weighted by Crippen LogP contribution is -2.38. The summed E-state index contributed by atoms with van der Waals surface area (Å²) >= 11 is 0. The summed E-state index contributed by atoms with van der Waals surface area (Å²) in [7, 11) is -0.776. The van der Waals surface area contributed by atoms with Crippen molar-refractivity contribution in [3.8, 4) is 0 Å². The molecule has 0 spiro atoms. The highest BCUT2D eigenvalue weighted by molar-refractivity contribution is 7.89. The quantitative estimate of drug-likeness (QED) is 0.295. The molecule has 2 heterocycles. The lowest BCUT2D eigenvalue weighted by Gasteiger charge is -2.29. The fraction of sp³-hybridized carbons (Fsp3) is 0.429. The molecular weight excluding hydrogens is 506 g/mol. The first-order valence-corrected chi connectivity index (χ1v) is 14.3. The number of benzene rings is 2. The molecule has 0 saturated carbocycles. The molecular formula is C28H35N3O6S. The van der Waals surface area contributed by atoms with Gasteiger partial charge < -0.3 is 14.7 Å². The maximum Gasteiger partial charge on any atom is 0.295 e. The Morgan fingerprint density at radius 3 is 2.21 bits per heavy atom. The van der Waals surface area contributed by atoms with Crippen molar-refractivity contribution < 1.29 is 27.9 Å². The van der Waals surface area contributed by atoms with E-state index in [9.17, 15) is 23.1 Å². The zero-order valence-electron chi connectivity index (χ0n) is 22.1. The predicted octanol–water partition coefficient (Wildman–Crippen LogP) is 2.64. The van der Waals surface area contributed by atoms with Crippen molar-refractivity contribution in [2.24, 2.45) is 0 Å². The highest BCUT2D eigenvalue weighted by atomic mass is 32.2. The summed E-state index contributed by atoms with van der Waals surface area (Å²) in [4.78, 5) is 30.4. The fourth-order valence-electron chi connectivity index (χ4n) is 4.83. The molecule has 10 heteroatoms. The van der Waals surface area contributed by atoms with Crippen LogP contribution in [0.5, 0.6) is 0 Å². The second kappa shape index (κ2) is 11.8. The Bertz CT molecular complexity index is 1300. The Kier molecular flexibility index (Phi) is 8.67. The lowest BCUT2D eigenvalue weighted by atomic mass is 9.94. The van der Waals surface area contributed by atoms with Crippen LogP contribution in [0.15, 0.2) is 59.0 Å². The number of ketones is 1. The van der Waals surface area contributed by atoms with E-state index in [0.717, 1.165) is 41.5 Å². The average Bonchev–Trinajstić information content (AvgIpc) is 3.18. The number of aliphatic hydroxyl groups excluding tert-OH is 1. The van der Waals surface area contributed by atoms with Gasteiger partial charge in [0.1, 0.15) is 5.76 Å². The fourth-order valence-corrected chi connectivity index (χ4v) is 5.74. The Hall–Kier alpha value is -3.05. The first-order valence-electron chi connectivity index (χ1n) is 12.9. The molecule has 0 radical (unpaired) electrons. The molecule has 204 valence electrons. The van der Waals surface area contributed by atoms with Crippen molar-refractivity contribution >= 4 is 27.5 Å². The summed E-state index contributed by atoms with van der Waals surface area (Å²) in [5.74, 6) is -1.72. The third-order valence-electron chi connectivity index (χ3n) is 7.13. The van der Waals surface area contributed by atoms with Crippen molar-refractivity contribution in [1.82, 2.24) is 14.1 Å². The largest absolute Gasteiger partial charge is 0.507 e. The molecule has 0 bridgehead atoms. The van der Waals surface area contributed by atoms with Crippen LogP contribution in [0.2, 0.25) is 0 Å². The number of carbonyl (C=O) groups excluding carboxylic acids is 2. The van der Waals surface area contributed by atoms with Crippen molar-refractivity contribution in [2.45, 2.75) is 30.7 Å². The number of ether oxygens (including phenoxy) is 1. The number of hydrogen-bond donors (Lipinski definition) is 1. The number of rotatable bonds is 9. The second-order valence-corrected chi connectivity index (χ2v) is 11.9. The first kappa shape index (κ1) is 28.0. The van der Waals surface area contributed by atoms with Crippen molar-refractivity contribution in [2.75, 3.05) is 53.5 Å². The summed E-state index contributed by atoms with van der Waals surface area (Å²) in [5.41, 5.74) is 2.13. The van der Waals surface area contributed by atoms with E-state index in [4.69, 9.17) is 4.74 Å². The van der Waals surface area contributed by atoms with Crippen LogP contribution >= 0.6 is 0 Å². The minimum absolute atomic E-state index is 0.00818. The number of aryl methyl sites for hydroxylation is 1. The topological polar surface area (TPSA) is 107 Å². The molecule has 1 N–H and O–H groups in total. The SMILES string of the molecule is CCc1ccc([C@@H]2C(=C(O)c3ccc(S(=O)(=O)N(C)C)cc3)C(=O)C(=O)N2CCCN2CCOCC2)cc1. The Morgan fingerprint density at radius 1 is 1.00 bits per heavy atom. The smallest absolute Gasteiger partial charge is 0.295 e. The van der Waals surface area contributed by atoms with Crippen LogP contribution in [0.3, 0.4) is 0 Å². The average molecular weight is 542 g/mol. The minimum atomic E-state index is -3.65. The van der Waals surface area contributed by atoms with Gasteiger partial charge >= 0.3 is 0 Å². The maximum atomic E-state index is 13.3. The summed E-state index contributed by atoms with van der Waals surface area (Å²) in [6, 6.07) is 12.6. The third-order valence-corrected chi connectivity index (χ3v) is 8.96. The summed E-state index contributed by atoms with van der Waals surface area (Å²) in [5, 5.41) is 11.3. The van der Waals surface area contributed by atoms with Crippen molar-refractivity contribution in [1.29, 1.82) is 0 Å². The molecule has 38 heavy (non-hydrogen) atoms. The minimum Gasteiger partial charge on any atom is -0.507 e. The lowest BCUT2D eigenvalue weighted by molar-refractivity contribution is -0.140. The molecule has 2 fully saturated rings. The molecule has 9 nitrogen and oxygen atoms in total. The molecule has 2 aromatic rings. The number of likely N-dealkylation sites (tertiary alicyclic amines) is 1. The Labute approximate surface area is 224 Å². The van der Waals surface area contributed by atoms with Gasteiger partial charge in [-0.2, -0.15) is 0 Å². The van der Waals surface area contributed by atoms with Crippen LogP contribution in [0.25, 0.3) is 5.76 Å². The van der Waals surface area contributed by atoms with E-state index in [-0.39, 0.29) is 21.8 Å². The molecule has 1 amide bonds. The van der Waals surface area contributed by atoms with Crippen LogP contribution in [0.1, 0.15) is 36.1 Å². The number of nitrogens with zero attached hydrogens (tertiary/aromatic N) is 3. The molecule has 2 aromatic carbocycles. The summed E-state index contributed by atoms with van der Waals surface area (Å²) < 4.78 is 31.4. The highest BCUT2D eigenvalue weighted by Crippen LogP contribution is 2.39. The molecule has 0 aliphatic carbocycles. The van der Waals surface area contributed by atoms with E-state index in [1.807, 2.05) is 31.2 Å². The number of hydrogen-bond acceptors (Lipinski definition) is 7. The van der Waals surface area contributed by atoms with Crippen LogP contribution in [0.4, 0.5) is 0 Å². The normalized spacial score (nSPS) is 20.4. The van der Waals surface area contributed by atoms with E-state index in [1.54, 1.807) is 4.90 Å². The number of sulfonamides is 1. The van der Waals surface area contributed by atoms with E-state index in [0.29, 0.717) is 26.2 Å². The van der Waals surface area contributed by atoms with Gasteiger partial charge in [-0.3, -0.25) is 14.5 Å². The van der Waals surface area contributed by atoms with E-state index in [1.165, 1.54) is 38.4 Å². The van der Waals surface area contributed by atoms with Gasteiger partial charge in [-0.05, 0) is 48.2 Å².